The fraction of sp³-hybridized carbons (Fsp3) is 0.238. The third-order valence-corrected chi connectivity index (χ3v) is 6.07. The molecule has 0 N–H and O–H groups in total. The average Bonchev–Trinajstić information content (AvgIpc) is 2.97. The maximum absolute atomic E-state index is 12.9. The van der Waals surface area contributed by atoms with Crippen molar-refractivity contribution in [2.75, 3.05) is 43.0 Å². The summed E-state index contributed by atoms with van der Waals surface area (Å²) >= 11 is 6.88. The van der Waals surface area contributed by atoms with Gasteiger partial charge in [0.05, 0.1) is 10.6 Å². The van der Waals surface area contributed by atoms with Gasteiger partial charge in [0.25, 0.3) is 11.1 Å². The standard InChI is InChI=1S/C21H20ClN3O2S/c1-23-10-12-24(13-11-23)18-5-3-2-4-15(18)14-19-20(26)25(21(27)28-19)17-8-6-16(22)7-9-17/h2-9,14H,10-13H2,1H3. The summed E-state index contributed by atoms with van der Waals surface area (Å²) in [4.78, 5) is 31.6. The van der Waals surface area contributed by atoms with Gasteiger partial charge in [-0.15, -0.1) is 0 Å². The van der Waals surface area contributed by atoms with Gasteiger partial charge in [-0.3, -0.25) is 9.59 Å². The van der Waals surface area contributed by atoms with Gasteiger partial charge in [0.2, 0.25) is 0 Å². The van der Waals surface area contributed by atoms with Gasteiger partial charge in [-0.1, -0.05) is 29.8 Å². The SMILES string of the molecule is CN1CCN(c2ccccc2C=C2SC(=O)N(c3ccc(Cl)cc3)C2=O)CC1. The van der Waals surface area contributed by atoms with E-state index in [1.165, 1.54) is 4.90 Å². The highest BCUT2D eigenvalue weighted by molar-refractivity contribution is 8.19. The lowest BCUT2D eigenvalue weighted by Gasteiger charge is -2.34. The molecule has 2 aliphatic rings. The molecule has 0 aliphatic carbocycles. The summed E-state index contributed by atoms with van der Waals surface area (Å²) in [5.41, 5.74) is 2.57. The quantitative estimate of drug-likeness (QED) is 0.700. The van der Waals surface area contributed by atoms with Gasteiger partial charge in [0, 0.05) is 36.9 Å². The average molecular weight is 414 g/mol. The summed E-state index contributed by atoms with van der Waals surface area (Å²) in [6.07, 6.45) is 1.83. The maximum Gasteiger partial charge on any atom is 0.298 e. The van der Waals surface area contributed by atoms with Crippen LogP contribution in [0.4, 0.5) is 16.2 Å². The van der Waals surface area contributed by atoms with Crippen LogP contribution >= 0.6 is 23.4 Å². The van der Waals surface area contributed by atoms with Crippen LogP contribution in [0.2, 0.25) is 5.02 Å². The number of imide groups is 1. The number of rotatable bonds is 3. The zero-order chi connectivity index (χ0) is 19.7. The highest BCUT2D eigenvalue weighted by Crippen LogP contribution is 2.37. The van der Waals surface area contributed by atoms with Gasteiger partial charge in [0.1, 0.15) is 0 Å². The third kappa shape index (κ3) is 3.81. The second kappa shape index (κ2) is 7.99. The van der Waals surface area contributed by atoms with Crippen molar-refractivity contribution in [2.24, 2.45) is 0 Å². The van der Waals surface area contributed by atoms with E-state index in [4.69, 9.17) is 11.6 Å². The largest absolute Gasteiger partial charge is 0.368 e. The van der Waals surface area contributed by atoms with Crippen molar-refractivity contribution in [3.05, 3.63) is 64.0 Å². The first-order chi connectivity index (χ1) is 13.5. The number of hydrogen-bond acceptors (Lipinski definition) is 5. The Labute approximate surface area is 173 Å². The number of hydrogen-bond donors (Lipinski definition) is 0. The van der Waals surface area contributed by atoms with Crippen LogP contribution in [0.1, 0.15) is 5.56 Å². The Bertz CT molecular complexity index is 937. The van der Waals surface area contributed by atoms with Crippen molar-refractivity contribution in [3.63, 3.8) is 0 Å². The molecule has 0 unspecified atom stereocenters. The molecule has 0 radical (unpaired) electrons. The predicted octanol–water partition coefficient (Wildman–Crippen LogP) is 4.33. The minimum absolute atomic E-state index is 0.296. The Morgan fingerprint density at radius 3 is 2.36 bits per heavy atom. The lowest BCUT2D eigenvalue weighted by atomic mass is 10.1. The summed E-state index contributed by atoms with van der Waals surface area (Å²) in [5, 5.41) is 0.267. The zero-order valence-electron chi connectivity index (χ0n) is 15.5. The van der Waals surface area contributed by atoms with Crippen LogP contribution in [-0.4, -0.2) is 49.3 Å². The van der Waals surface area contributed by atoms with E-state index in [9.17, 15) is 9.59 Å². The lowest BCUT2D eigenvalue weighted by Crippen LogP contribution is -2.44. The van der Waals surface area contributed by atoms with E-state index in [-0.39, 0.29) is 11.1 Å². The van der Waals surface area contributed by atoms with Crippen molar-refractivity contribution in [1.82, 2.24) is 4.90 Å². The number of thioether (sulfide) groups is 1. The molecule has 28 heavy (non-hydrogen) atoms. The molecule has 0 aromatic heterocycles. The van der Waals surface area contributed by atoms with E-state index in [1.807, 2.05) is 24.3 Å². The van der Waals surface area contributed by atoms with E-state index in [2.05, 4.69) is 22.9 Å². The summed E-state index contributed by atoms with van der Waals surface area (Å²) in [5.74, 6) is -0.300. The van der Waals surface area contributed by atoms with Gasteiger partial charge in [-0.2, -0.15) is 0 Å². The van der Waals surface area contributed by atoms with E-state index in [0.29, 0.717) is 15.6 Å². The predicted molar refractivity (Wildman–Crippen MR) is 116 cm³/mol. The van der Waals surface area contributed by atoms with Gasteiger partial charge in [-0.25, -0.2) is 4.90 Å². The van der Waals surface area contributed by atoms with Crippen molar-refractivity contribution in [3.8, 4) is 0 Å². The first-order valence-electron chi connectivity index (χ1n) is 9.09. The normalized spacial score (nSPS) is 19.7. The van der Waals surface area contributed by atoms with Crippen molar-refractivity contribution >= 4 is 52.0 Å². The van der Waals surface area contributed by atoms with Gasteiger partial charge < -0.3 is 9.80 Å². The van der Waals surface area contributed by atoms with Gasteiger partial charge >= 0.3 is 0 Å². The minimum atomic E-state index is -0.300. The molecule has 2 amide bonds. The molecule has 2 fully saturated rings. The smallest absolute Gasteiger partial charge is 0.298 e. The molecule has 7 heteroatoms. The van der Waals surface area contributed by atoms with E-state index in [1.54, 1.807) is 24.3 Å². The maximum atomic E-state index is 12.9. The molecule has 0 atom stereocenters. The second-order valence-electron chi connectivity index (χ2n) is 6.84. The fourth-order valence-corrected chi connectivity index (χ4v) is 4.32. The number of halogens is 1. The second-order valence-corrected chi connectivity index (χ2v) is 8.27. The number of piperazine rings is 1. The minimum Gasteiger partial charge on any atom is -0.368 e. The number of nitrogens with zero attached hydrogens (tertiary/aromatic N) is 3. The Morgan fingerprint density at radius 2 is 1.64 bits per heavy atom. The van der Waals surface area contributed by atoms with Crippen LogP contribution in [0.15, 0.2) is 53.4 Å². The van der Waals surface area contributed by atoms with Crippen molar-refractivity contribution in [1.29, 1.82) is 0 Å². The Hall–Kier alpha value is -2.28. The summed E-state index contributed by atoms with van der Waals surface area (Å²) < 4.78 is 0. The number of para-hydroxylation sites is 1. The molecule has 2 heterocycles. The lowest BCUT2D eigenvalue weighted by molar-refractivity contribution is -0.113. The number of likely N-dealkylation sites (N-methyl/N-ethyl adjacent to an activating group) is 1. The van der Waals surface area contributed by atoms with Crippen LogP contribution < -0.4 is 9.80 Å². The van der Waals surface area contributed by atoms with Crippen LogP contribution in [0.3, 0.4) is 0 Å². The van der Waals surface area contributed by atoms with Crippen molar-refractivity contribution in [2.45, 2.75) is 0 Å². The van der Waals surface area contributed by atoms with Crippen LogP contribution in [0.25, 0.3) is 6.08 Å². The molecule has 2 aromatic carbocycles. The number of amides is 2. The van der Waals surface area contributed by atoms with Crippen molar-refractivity contribution < 1.29 is 9.59 Å². The third-order valence-electron chi connectivity index (χ3n) is 4.95. The molecule has 2 saturated heterocycles. The van der Waals surface area contributed by atoms with Crippen LogP contribution in [0, 0.1) is 0 Å². The van der Waals surface area contributed by atoms with E-state index >= 15 is 0 Å². The number of carbonyl (C=O) groups excluding carboxylic acids is 2. The molecular weight excluding hydrogens is 394 g/mol. The number of anilines is 2. The number of carbonyl (C=O) groups is 2. The molecule has 0 bridgehead atoms. The fourth-order valence-electron chi connectivity index (χ4n) is 3.37. The monoisotopic (exact) mass is 413 g/mol. The van der Waals surface area contributed by atoms with E-state index < -0.39 is 0 Å². The molecule has 2 aromatic rings. The Balaban J connectivity index is 1.62. The van der Waals surface area contributed by atoms with Crippen LogP contribution in [-0.2, 0) is 4.79 Å². The highest BCUT2D eigenvalue weighted by Gasteiger charge is 2.36. The summed E-state index contributed by atoms with van der Waals surface area (Å²) in [6.45, 7) is 3.88. The molecule has 5 nitrogen and oxygen atoms in total. The summed E-state index contributed by atoms with van der Waals surface area (Å²) in [6, 6.07) is 14.7. The number of benzene rings is 2. The first kappa shape index (κ1) is 19.1. The molecule has 144 valence electrons. The highest BCUT2D eigenvalue weighted by atomic mass is 35.5. The Morgan fingerprint density at radius 1 is 0.964 bits per heavy atom. The molecule has 0 saturated carbocycles. The van der Waals surface area contributed by atoms with E-state index in [0.717, 1.165) is 49.2 Å². The van der Waals surface area contributed by atoms with Crippen LogP contribution in [0.5, 0.6) is 0 Å². The molecular formula is C21H20ClN3O2S. The topological polar surface area (TPSA) is 43.9 Å². The van der Waals surface area contributed by atoms with Gasteiger partial charge in [0.15, 0.2) is 0 Å². The zero-order valence-corrected chi connectivity index (χ0v) is 17.0. The molecule has 2 aliphatic heterocycles. The molecule has 0 spiro atoms. The summed E-state index contributed by atoms with van der Waals surface area (Å²) in [7, 11) is 2.12. The van der Waals surface area contributed by atoms with Gasteiger partial charge in [-0.05, 0) is 60.8 Å². The molecule has 4 rings (SSSR count). The first-order valence-corrected chi connectivity index (χ1v) is 10.3. The Kier molecular flexibility index (Phi) is 5.44.